The SMILES string of the molecule is O=[Si]([O-])[O-].O=[Si]([O-])[O-].O=[Si]([O-])[O-].[Al+3].[Al+3].[B].[B].[CaH2].[CaH2]. The third-order valence-corrected chi connectivity index (χ3v) is 0. The summed E-state index contributed by atoms with van der Waals surface area (Å²) in [7, 11) is -10.9. The summed E-state index contributed by atoms with van der Waals surface area (Å²) in [5, 5.41) is 0. The van der Waals surface area contributed by atoms with Gasteiger partial charge in [-0.2, -0.15) is 0 Å². The van der Waals surface area contributed by atoms with Crippen LogP contribution in [0.3, 0.4) is 0 Å². The summed E-state index contributed by atoms with van der Waals surface area (Å²) in [4.78, 5) is 51.1. The zero-order valence-electron chi connectivity index (χ0n) is 7.48. The Morgan fingerprint density at radius 3 is 0.500 bits per heavy atom. The Labute approximate surface area is 193 Å². The molecule has 18 heavy (non-hydrogen) atoms. The summed E-state index contributed by atoms with van der Waals surface area (Å²) in [6.45, 7) is 0. The fourth-order valence-electron chi connectivity index (χ4n) is 0. The molecule has 6 radical (unpaired) electrons. The standard InChI is InChI=1S/2Al.2B.2Ca.3O3Si.4H/c;;;;;;3*1-4(2)3;;;;/q2*+3;;;;;3*-2;;;;. The van der Waals surface area contributed by atoms with Crippen LogP contribution < -0.4 is 28.8 Å². The molecule has 18 heteroatoms. The van der Waals surface area contributed by atoms with Gasteiger partial charge in [0, 0.05) is 44.3 Å². The monoisotopic (exact) mass is 388 g/mol. The Morgan fingerprint density at radius 2 is 0.500 bits per heavy atom. The minimum atomic E-state index is -3.63. The van der Waals surface area contributed by atoms with Crippen LogP contribution in [0.15, 0.2) is 0 Å². The molecule has 0 saturated carbocycles. The molecule has 0 fully saturated rings. The minimum absolute atomic E-state index is 0. The van der Waals surface area contributed by atoms with Crippen LogP contribution in [-0.2, 0) is 13.4 Å². The van der Waals surface area contributed by atoms with E-state index >= 15 is 0 Å². The predicted molar refractivity (Wildman–Crippen MR) is 59.4 cm³/mol. The van der Waals surface area contributed by atoms with Crippen LogP contribution in [0.2, 0.25) is 0 Å². The van der Waals surface area contributed by atoms with Crippen LogP contribution in [-0.4, -0.2) is 155 Å². The van der Waals surface area contributed by atoms with Crippen molar-refractivity contribution in [2.24, 2.45) is 0 Å². The van der Waals surface area contributed by atoms with Gasteiger partial charge in [0.2, 0.25) is 0 Å². The van der Waals surface area contributed by atoms with Gasteiger partial charge < -0.3 is 42.2 Å². The second-order valence-electron chi connectivity index (χ2n) is 0.750. The first-order chi connectivity index (χ1) is 5.20. The molecule has 86 valence electrons. The molecular weight excluding hydrogens is 384 g/mol. The van der Waals surface area contributed by atoms with Gasteiger partial charge in [-0.25, -0.2) is 0 Å². The van der Waals surface area contributed by atoms with E-state index in [2.05, 4.69) is 0 Å². The molecule has 0 aliphatic heterocycles. The van der Waals surface area contributed by atoms with E-state index < -0.39 is 27.5 Å². The molecule has 0 heterocycles. The predicted octanol–water partition coefficient (Wildman–Crippen LogP) is -12.0. The Kier molecular flexibility index (Phi) is 165. The molecule has 0 atom stereocenters. The van der Waals surface area contributed by atoms with E-state index in [1.807, 2.05) is 0 Å². The van der Waals surface area contributed by atoms with Gasteiger partial charge in [-0.3, -0.25) is 0 Å². The summed E-state index contributed by atoms with van der Waals surface area (Å²) in [5.41, 5.74) is 0. The van der Waals surface area contributed by atoms with Crippen molar-refractivity contribution in [2.75, 3.05) is 0 Å². The molecule has 0 aliphatic rings. The Bertz CT molecular complexity index is 133. The van der Waals surface area contributed by atoms with E-state index in [1.165, 1.54) is 0 Å². The number of hydrogen-bond donors (Lipinski definition) is 0. The first kappa shape index (κ1) is 58.9. The summed E-state index contributed by atoms with van der Waals surface area (Å²) >= 11 is 0. The molecular formula is H4Al2B2Ca2O9Si3. The zero-order valence-corrected chi connectivity index (χ0v) is 12.8. The summed E-state index contributed by atoms with van der Waals surface area (Å²) in [6.07, 6.45) is 0. The normalized spacial score (nSPS) is 4.00. The Morgan fingerprint density at radius 1 is 0.500 bits per heavy atom. The fraction of sp³-hybridized carbons (Fsp3) is 0. The average Bonchev–Trinajstić information content (AvgIpc) is 1.54. The zero-order chi connectivity index (χ0) is 10.7. The van der Waals surface area contributed by atoms with Crippen molar-refractivity contribution < 1.29 is 42.2 Å². The molecule has 0 amide bonds. The maximum absolute atomic E-state index is 8.52. The van der Waals surface area contributed by atoms with E-state index in [-0.39, 0.29) is 127 Å². The molecule has 0 aromatic carbocycles. The quantitative estimate of drug-likeness (QED) is 0.363. The van der Waals surface area contributed by atoms with Crippen molar-refractivity contribution in [1.82, 2.24) is 0 Å². The van der Waals surface area contributed by atoms with Gasteiger partial charge in [-0.05, 0) is 0 Å². The topological polar surface area (TPSA) is 190 Å². The molecule has 0 aromatic rings. The van der Waals surface area contributed by atoms with Crippen molar-refractivity contribution >= 4 is 155 Å². The molecule has 0 saturated heterocycles. The van der Waals surface area contributed by atoms with Gasteiger partial charge in [-0.1, -0.05) is 0 Å². The van der Waals surface area contributed by atoms with Crippen LogP contribution in [0.1, 0.15) is 0 Å². The van der Waals surface area contributed by atoms with E-state index in [1.54, 1.807) is 0 Å². The van der Waals surface area contributed by atoms with Gasteiger partial charge in [0.25, 0.3) is 0 Å². The molecule has 9 nitrogen and oxygen atoms in total. The molecule has 0 aromatic heterocycles. The first-order valence-corrected chi connectivity index (χ1v) is 5.51. The summed E-state index contributed by atoms with van der Waals surface area (Å²) < 4.78 is 25.6. The second-order valence-corrected chi connectivity index (χ2v) is 2.25. The van der Waals surface area contributed by atoms with E-state index in [4.69, 9.17) is 42.2 Å². The molecule has 0 rings (SSSR count). The van der Waals surface area contributed by atoms with Crippen LogP contribution in [0.25, 0.3) is 0 Å². The molecule has 0 spiro atoms. The van der Waals surface area contributed by atoms with Crippen LogP contribution in [0.5, 0.6) is 0 Å². The van der Waals surface area contributed by atoms with E-state index in [0.29, 0.717) is 0 Å². The molecule has 0 unspecified atom stereocenters. The van der Waals surface area contributed by atoms with Crippen LogP contribution >= 0.6 is 0 Å². The maximum atomic E-state index is 8.52. The van der Waals surface area contributed by atoms with Crippen molar-refractivity contribution in [1.29, 1.82) is 0 Å². The summed E-state index contributed by atoms with van der Waals surface area (Å²) in [6, 6.07) is 0. The molecule has 0 bridgehead atoms. The number of rotatable bonds is 0. The van der Waals surface area contributed by atoms with E-state index in [0.717, 1.165) is 0 Å². The van der Waals surface area contributed by atoms with Crippen molar-refractivity contribution in [2.45, 2.75) is 0 Å². The van der Waals surface area contributed by atoms with E-state index in [9.17, 15) is 0 Å². The average molecular weight is 388 g/mol. The van der Waals surface area contributed by atoms with Gasteiger partial charge in [0.05, 0.1) is 0 Å². The van der Waals surface area contributed by atoms with Gasteiger partial charge >= 0.3 is 110 Å². The Hall–Kier alpha value is 2.56. The fourth-order valence-corrected chi connectivity index (χ4v) is 0. The van der Waals surface area contributed by atoms with Gasteiger partial charge in [0.15, 0.2) is 0 Å². The first-order valence-electron chi connectivity index (χ1n) is 1.84. The van der Waals surface area contributed by atoms with Crippen LogP contribution in [0, 0.1) is 0 Å². The molecule has 0 aliphatic carbocycles. The van der Waals surface area contributed by atoms with Crippen molar-refractivity contribution in [3.63, 3.8) is 0 Å². The van der Waals surface area contributed by atoms with Crippen molar-refractivity contribution in [3.8, 4) is 0 Å². The van der Waals surface area contributed by atoms with Crippen molar-refractivity contribution in [3.05, 3.63) is 0 Å². The van der Waals surface area contributed by atoms with Crippen LogP contribution in [0.4, 0.5) is 0 Å². The third kappa shape index (κ3) is 871. The molecule has 0 N–H and O–H groups in total. The second kappa shape index (κ2) is 50.4. The third-order valence-electron chi connectivity index (χ3n) is 0. The summed E-state index contributed by atoms with van der Waals surface area (Å²) in [5.74, 6) is 0. The Balaban J connectivity index is -0.00000000827. The van der Waals surface area contributed by atoms with Gasteiger partial charge in [0.1, 0.15) is 0 Å². The number of hydrogen-bond acceptors (Lipinski definition) is 9. The van der Waals surface area contributed by atoms with Gasteiger partial charge in [-0.15, -0.1) is 0 Å².